The molecule has 0 aromatic carbocycles. The largest absolute Gasteiger partial charge is 0.275 e. The van der Waals surface area contributed by atoms with E-state index in [1.54, 1.807) is 0 Å². The Balaban J connectivity index is 2.22. The van der Waals surface area contributed by atoms with E-state index in [-0.39, 0.29) is 0 Å². The normalized spacial score (nSPS) is 17.8. The molecule has 0 amide bonds. The van der Waals surface area contributed by atoms with Crippen LogP contribution in [-0.2, 0) is 20.0 Å². The SMILES string of the molecule is CNN1CCc2nn(C)cc2C1. The van der Waals surface area contributed by atoms with E-state index in [2.05, 4.69) is 21.7 Å². The smallest absolute Gasteiger partial charge is 0.0683 e. The number of fused-ring (bicyclic) bond motifs is 1. The van der Waals surface area contributed by atoms with Crippen molar-refractivity contribution in [1.82, 2.24) is 20.2 Å². The number of nitrogens with one attached hydrogen (secondary N) is 1. The molecule has 4 nitrogen and oxygen atoms in total. The van der Waals surface area contributed by atoms with Crippen molar-refractivity contribution >= 4 is 0 Å². The van der Waals surface area contributed by atoms with Crippen molar-refractivity contribution in [3.8, 4) is 0 Å². The zero-order valence-corrected chi connectivity index (χ0v) is 7.54. The van der Waals surface area contributed by atoms with Crippen LogP contribution in [0.1, 0.15) is 11.3 Å². The maximum absolute atomic E-state index is 4.38. The molecule has 66 valence electrons. The lowest BCUT2D eigenvalue weighted by atomic mass is 10.1. The lowest BCUT2D eigenvalue weighted by Gasteiger charge is -2.24. The van der Waals surface area contributed by atoms with E-state index in [0.717, 1.165) is 19.5 Å². The van der Waals surface area contributed by atoms with E-state index in [1.165, 1.54) is 11.3 Å². The summed E-state index contributed by atoms with van der Waals surface area (Å²) in [6.45, 7) is 2.03. The molecule has 0 bridgehead atoms. The van der Waals surface area contributed by atoms with Gasteiger partial charge in [0.25, 0.3) is 0 Å². The molecule has 4 heteroatoms. The van der Waals surface area contributed by atoms with Gasteiger partial charge in [0.15, 0.2) is 0 Å². The quantitative estimate of drug-likeness (QED) is 0.633. The second-order valence-corrected chi connectivity index (χ2v) is 3.17. The van der Waals surface area contributed by atoms with E-state index >= 15 is 0 Å². The molecule has 1 aromatic rings. The summed E-state index contributed by atoms with van der Waals surface area (Å²) < 4.78 is 1.89. The Morgan fingerprint density at radius 2 is 2.42 bits per heavy atom. The zero-order valence-electron chi connectivity index (χ0n) is 7.54. The topological polar surface area (TPSA) is 33.1 Å². The summed E-state index contributed by atoms with van der Waals surface area (Å²) in [5, 5.41) is 6.58. The van der Waals surface area contributed by atoms with Gasteiger partial charge < -0.3 is 0 Å². The minimum Gasteiger partial charge on any atom is -0.275 e. The summed E-state index contributed by atoms with van der Waals surface area (Å²) in [7, 11) is 3.93. The molecule has 1 N–H and O–H groups in total. The van der Waals surface area contributed by atoms with Crippen molar-refractivity contribution < 1.29 is 0 Å². The molecule has 0 saturated carbocycles. The van der Waals surface area contributed by atoms with Crippen molar-refractivity contribution in [3.05, 3.63) is 17.5 Å². The first kappa shape index (κ1) is 7.76. The second kappa shape index (κ2) is 2.88. The van der Waals surface area contributed by atoms with Crippen molar-refractivity contribution in [3.63, 3.8) is 0 Å². The standard InChI is InChI=1S/C8H14N4/c1-9-12-4-3-8-7(6-12)5-11(2)10-8/h5,9H,3-4,6H2,1-2H3. The molecule has 0 radical (unpaired) electrons. The first-order valence-corrected chi connectivity index (χ1v) is 4.23. The van der Waals surface area contributed by atoms with Crippen molar-refractivity contribution in [1.29, 1.82) is 0 Å². The van der Waals surface area contributed by atoms with Gasteiger partial charge in [-0.3, -0.25) is 10.1 Å². The summed E-state index contributed by atoms with van der Waals surface area (Å²) in [5.74, 6) is 0. The Labute approximate surface area is 72.1 Å². The molecule has 0 saturated heterocycles. The third-order valence-electron chi connectivity index (χ3n) is 2.29. The van der Waals surface area contributed by atoms with Crippen LogP contribution in [0, 0.1) is 0 Å². The van der Waals surface area contributed by atoms with Crippen molar-refractivity contribution in [2.75, 3.05) is 13.6 Å². The van der Waals surface area contributed by atoms with Gasteiger partial charge in [-0.05, 0) is 7.05 Å². The Hall–Kier alpha value is -0.870. The zero-order chi connectivity index (χ0) is 8.55. The van der Waals surface area contributed by atoms with Crippen LogP contribution < -0.4 is 5.43 Å². The maximum Gasteiger partial charge on any atom is 0.0683 e. The Morgan fingerprint density at radius 1 is 1.58 bits per heavy atom. The van der Waals surface area contributed by atoms with Gasteiger partial charge in [0.05, 0.1) is 5.69 Å². The number of hydrogen-bond acceptors (Lipinski definition) is 3. The van der Waals surface area contributed by atoms with Gasteiger partial charge in [-0.15, -0.1) is 0 Å². The molecule has 0 unspecified atom stereocenters. The van der Waals surface area contributed by atoms with Crippen LogP contribution in [0.15, 0.2) is 6.20 Å². The van der Waals surface area contributed by atoms with Crippen LogP contribution in [0.25, 0.3) is 0 Å². The van der Waals surface area contributed by atoms with Gasteiger partial charge >= 0.3 is 0 Å². The van der Waals surface area contributed by atoms with Crippen LogP contribution in [0.5, 0.6) is 0 Å². The lowest BCUT2D eigenvalue weighted by Crippen LogP contribution is -2.38. The molecule has 1 aliphatic rings. The first-order chi connectivity index (χ1) is 5.79. The number of nitrogens with zero attached hydrogens (tertiary/aromatic N) is 3. The van der Waals surface area contributed by atoms with Gasteiger partial charge in [-0.2, -0.15) is 5.10 Å². The molecule has 0 fully saturated rings. The highest BCUT2D eigenvalue weighted by molar-refractivity contribution is 5.19. The van der Waals surface area contributed by atoms with Crippen LogP contribution in [0.4, 0.5) is 0 Å². The number of aromatic nitrogens is 2. The van der Waals surface area contributed by atoms with E-state index in [0.29, 0.717) is 0 Å². The highest BCUT2D eigenvalue weighted by Crippen LogP contribution is 2.14. The summed E-state index contributed by atoms with van der Waals surface area (Å²) in [6.07, 6.45) is 3.15. The van der Waals surface area contributed by atoms with Gasteiger partial charge in [0.2, 0.25) is 0 Å². The predicted molar refractivity (Wildman–Crippen MR) is 46.4 cm³/mol. The summed E-state index contributed by atoms with van der Waals surface area (Å²) in [5.41, 5.74) is 5.75. The van der Waals surface area contributed by atoms with Crippen LogP contribution in [0.3, 0.4) is 0 Å². The highest BCUT2D eigenvalue weighted by atomic mass is 15.5. The summed E-state index contributed by atoms with van der Waals surface area (Å²) in [6, 6.07) is 0. The summed E-state index contributed by atoms with van der Waals surface area (Å²) >= 11 is 0. The van der Waals surface area contributed by atoms with Gasteiger partial charge in [0.1, 0.15) is 0 Å². The predicted octanol–water partition coefficient (Wildman–Crippen LogP) is -0.0874. The average Bonchev–Trinajstić information content (AvgIpc) is 2.43. The molecule has 0 aliphatic carbocycles. The number of aryl methyl sites for hydroxylation is 1. The molecular formula is C8H14N4. The molecule has 1 aliphatic heterocycles. The summed E-state index contributed by atoms with van der Waals surface area (Å²) in [4.78, 5) is 0. The third kappa shape index (κ3) is 1.23. The molecule has 12 heavy (non-hydrogen) atoms. The van der Waals surface area contributed by atoms with Gasteiger partial charge in [0, 0.05) is 38.3 Å². The highest BCUT2D eigenvalue weighted by Gasteiger charge is 2.17. The molecule has 2 rings (SSSR count). The first-order valence-electron chi connectivity index (χ1n) is 4.23. The lowest BCUT2D eigenvalue weighted by molar-refractivity contribution is 0.188. The molecular weight excluding hydrogens is 152 g/mol. The molecule has 1 aromatic heterocycles. The Morgan fingerprint density at radius 3 is 3.17 bits per heavy atom. The van der Waals surface area contributed by atoms with Gasteiger partial charge in [-0.1, -0.05) is 0 Å². The van der Waals surface area contributed by atoms with E-state index in [1.807, 2.05) is 18.8 Å². The van der Waals surface area contributed by atoms with E-state index in [9.17, 15) is 0 Å². The second-order valence-electron chi connectivity index (χ2n) is 3.17. The van der Waals surface area contributed by atoms with Crippen LogP contribution in [0.2, 0.25) is 0 Å². The minimum atomic E-state index is 0.972. The van der Waals surface area contributed by atoms with Gasteiger partial charge in [-0.25, -0.2) is 5.01 Å². The fraction of sp³-hybridized carbons (Fsp3) is 0.625. The van der Waals surface area contributed by atoms with Crippen LogP contribution in [-0.4, -0.2) is 28.4 Å². The Kier molecular flexibility index (Phi) is 1.86. The van der Waals surface area contributed by atoms with Crippen LogP contribution >= 0.6 is 0 Å². The Bertz CT molecular complexity index is 279. The molecule has 0 spiro atoms. The number of hydrazine groups is 1. The number of rotatable bonds is 1. The fourth-order valence-electron chi connectivity index (χ4n) is 1.64. The third-order valence-corrected chi connectivity index (χ3v) is 2.29. The van der Waals surface area contributed by atoms with E-state index in [4.69, 9.17) is 0 Å². The van der Waals surface area contributed by atoms with Crippen molar-refractivity contribution in [2.24, 2.45) is 7.05 Å². The molecule has 2 heterocycles. The number of hydrogen-bond donors (Lipinski definition) is 1. The van der Waals surface area contributed by atoms with Crippen molar-refractivity contribution in [2.45, 2.75) is 13.0 Å². The minimum absolute atomic E-state index is 0.972. The molecule has 0 atom stereocenters. The monoisotopic (exact) mass is 166 g/mol. The average molecular weight is 166 g/mol. The maximum atomic E-state index is 4.38. The van der Waals surface area contributed by atoms with E-state index < -0.39 is 0 Å². The fourth-order valence-corrected chi connectivity index (χ4v) is 1.64.